The molecule has 90 valence electrons. The normalized spacial score (nSPS) is 11.4. The summed E-state index contributed by atoms with van der Waals surface area (Å²) in [4.78, 5) is 13.8. The molecule has 1 atom stereocenters. The van der Waals surface area contributed by atoms with Crippen LogP contribution in [0.15, 0.2) is 29.4 Å². The van der Waals surface area contributed by atoms with Crippen molar-refractivity contribution in [2.75, 3.05) is 7.11 Å². The van der Waals surface area contributed by atoms with Crippen molar-refractivity contribution in [2.45, 2.75) is 18.9 Å². The fraction of sp³-hybridized carbons (Fsp3) is 0.364. The third kappa shape index (κ3) is 4.76. The van der Waals surface area contributed by atoms with E-state index < -0.39 is 12.0 Å². The Labute approximate surface area is 104 Å². The molecule has 5 nitrogen and oxygen atoms in total. The summed E-state index contributed by atoms with van der Waals surface area (Å²) in [7, 11) is 1.30. The molecule has 1 rings (SSSR count). The average molecular weight is 254 g/mol. The molecule has 0 bridgehead atoms. The second-order valence-electron chi connectivity index (χ2n) is 3.47. The number of carbonyl (C=O) groups is 1. The largest absolute Gasteiger partial charge is 0.469 e. The minimum Gasteiger partial charge on any atom is -0.469 e. The highest BCUT2D eigenvalue weighted by Crippen LogP contribution is 2.14. The molecule has 0 saturated heterocycles. The molecule has 0 amide bonds. The Hall–Kier alpha value is -1.71. The molecule has 0 saturated carbocycles. The monoisotopic (exact) mass is 253 g/mol. The van der Waals surface area contributed by atoms with Crippen molar-refractivity contribution in [3.05, 3.63) is 45.3 Å². The predicted molar refractivity (Wildman–Crippen MR) is 64.7 cm³/mol. The zero-order valence-corrected chi connectivity index (χ0v) is 10.1. The van der Waals surface area contributed by atoms with E-state index >= 15 is 0 Å². The SMILES string of the molecule is COC(=O)C[C@@H](Cc1ccc(Cl)cc1)N=[N+]=[N-]. The minimum atomic E-state index is -0.436. The zero-order valence-electron chi connectivity index (χ0n) is 9.34. The van der Waals surface area contributed by atoms with Gasteiger partial charge in [0.25, 0.3) is 0 Å². The molecule has 0 heterocycles. The van der Waals surface area contributed by atoms with E-state index in [1.54, 1.807) is 12.1 Å². The van der Waals surface area contributed by atoms with Gasteiger partial charge in [-0.2, -0.15) is 0 Å². The number of nitrogens with zero attached hydrogens (tertiary/aromatic N) is 3. The molecular weight excluding hydrogens is 242 g/mol. The summed E-state index contributed by atoms with van der Waals surface area (Å²) in [6.07, 6.45) is 0.555. The van der Waals surface area contributed by atoms with Crippen molar-refractivity contribution in [1.82, 2.24) is 0 Å². The van der Waals surface area contributed by atoms with Gasteiger partial charge in [-0.1, -0.05) is 28.8 Å². The second-order valence-corrected chi connectivity index (χ2v) is 3.91. The fourth-order valence-electron chi connectivity index (χ4n) is 1.40. The van der Waals surface area contributed by atoms with Gasteiger partial charge in [-0.15, -0.1) is 0 Å². The van der Waals surface area contributed by atoms with E-state index in [0.29, 0.717) is 11.4 Å². The van der Waals surface area contributed by atoms with E-state index in [1.165, 1.54) is 7.11 Å². The van der Waals surface area contributed by atoms with E-state index in [1.807, 2.05) is 12.1 Å². The molecule has 6 heteroatoms. The summed E-state index contributed by atoms with van der Waals surface area (Å²) < 4.78 is 4.54. The van der Waals surface area contributed by atoms with E-state index in [-0.39, 0.29) is 6.42 Å². The average Bonchev–Trinajstić information content (AvgIpc) is 2.32. The van der Waals surface area contributed by atoms with Gasteiger partial charge in [0.05, 0.1) is 19.6 Å². The maximum absolute atomic E-state index is 11.1. The lowest BCUT2D eigenvalue weighted by atomic mass is 10.0. The molecule has 1 aromatic carbocycles. The molecule has 0 aliphatic heterocycles. The number of hydrogen-bond acceptors (Lipinski definition) is 3. The quantitative estimate of drug-likeness (QED) is 0.350. The molecule has 0 unspecified atom stereocenters. The summed E-state index contributed by atoms with van der Waals surface area (Å²) in [6.45, 7) is 0. The van der Waals surface area contributed by atoms with Crippen LogP contribution in [0.4, 0.5) is 0 Å². The van der Waals surface area contributed by atoms with E-state index in [0.717, 1.165) is 5.56 Å². The van der Waals surface area contributed by atoms with Crippen LogP contribution in [-0.2, 0) is 16.0 Å². The van der Waals surface area contributed by atoms with Gasteiger partial charge >= 0.3 is 5.97 Å². The van der Waals surface area contributed by atoms with Crippen molar-refractivity contribution in [1.29, 1.82) is 0 Å². The van der Waals surface area contributed by atoms with Gasteiger partial charge < -0.3 is 4.74 Å². The highest BCUT2D eigenvalue weighted by molar-refractivity contribution is 6.30. The fourth-order valence-corrected chi connectivity index (χ4v) is 1.52. The number of hydrogen-bond donors (Lipinski definition) is 0. The van der Waals surface area contributed by atoms with Gasteiger partial charge in [-0.3, -0.25) is 4.79 Å². The van der Waals surface area contributed by atoms with Crippen LogP contribution in [0.3, 0.4) is 0 Å². The summed E-state index contributed by atoms with van der Waals surface area (Å²) in [5, 5.41) is 4.22. The Bertz CT molecular complexity index is 427. The Morgan fingerprint density at radius 3 is 2.71 bits per heavy atom. The topological polar surface area (TPSA) is 75.1 Å². The van der Waals surface area contributed by atoms with Crippen molar-refractivity contribution in [3.8, 4) is 0 Å². The number of esters is 1. The third-order valence-electron chi connectivity index (χ3n) is 2.23. The van der Waals surface area contributed by atoms with Crippen LogP contribution in [0.5, 0.6) is 0 Å². The first-order chi connectivity index (χ1) is 8.15. The van der Waals surface area contributed by atoms with Gasteiger partial charge in [0.2, 0.25) is 0 Å². The third-order valence-corrected chi connectivity index (χ3v) is 2.48. The van der Waals surface area contributed by atoms with Crippen LogP contribution in [-0.4, -0.2) is 19.1 Å². The number of carbonyl (C=O) groups excluding carboxylic acids is 1. The summed E-state index contributed by atoms with van der Waals surface area (Å²) in [6, 6.07) is 6.73. The highest BCUT2D eigenvalue weighted by atomic mass is 35.5. The van der Waals surface area contributed by atoms with Crippen LogP contribution in [0.2, 0.25) is 5.02 Å². The first kappa shape index (κ1) is 13.4. The van der Waals surface area contributed by atoms with Gasteiger partial charge in [0, 0.05) is 9.93 Å². The highest BCUT2D eigenvalue weighted by Gasteiger charge is 2.13. The zero-order chi connectivity index (χ0) is 12.7. The maximum atomic E-state index is 11.1. The van der Waals surface area contributed by atoms with Gasteiger partial charge in [-0.25, -0.2) is 0 Å². The van der Waals surface area contributed by atoms with Gasteiger partial charge in [0.1, 0.15) is 0 Å². The lowest BCUT2D eigenvalue weighted by molar-refractivity contribution is -0.140. The van der Waals surface area contributed by atoms with Gasteiger partial charge in [-0.05, 0) is 29.6 Å². The second kappa shape index (κ2) is 6.78. The Morgan fingerprint density at radius 1 is 1.53 bits per heavy atom. The molecule has 0 N–H and O–H groups in total. The molecule has 0 aliphatic rings. The molecule has 0 fully saturated rings. The minimum absolute atomic E-state index is 0.0726. The van der Waals surface area contributed by atoms with Crippen molar-refractivity contribution >= 4 is 17.6 Å². The lowest BCUT2D eigenvalue weighted by Gasteiger charge is -2.09. The number of azide groups is 1. The Kier molecular flexibility index (Phi) is 5.33. The number of ether oxygens (including phenoxy) is 1. The van der Waals surface area contributed by atoms with Gasteiger partial charge in [0.15, 0.2) is 0 Å². The van der Waals surface area contributed by atoms with Crippen LogP contribution < -0.4 is 0 Å². The molecule has 0 aromatic heterocycles. The molecule has 0 spiro atoms. The van der Waals surface area contributed by atoms with E-state index in [2.05, 4.69) is 14.8 Å². The Morgan fingerprint density at radius 2 is 2.18 bits per heavy atom. The first-order valence-electron chi connectivity index (χ1n) is 5.01. The smallest absolute Gasteiger partial charge is 0.305 e. The number of rotatable bonds is 5. The summed E-state index contributed by atoms with van der Waals surface area (Å²) >= 11 is 5.76. The summed E-state index contributed by atoms with van der Waals surface area (Å²) in [5.41, 5.74) is 9.38. The number of benzene rings is 1. The standard InChI is InChI=1S/C11H12ClN3O2/c1-17-11(16)7-10(14-15-13)6-8-2-4-9(12)5-3-8/h2-5,10H,6-7H2,1H3/t10-/m1/s1. The first-order valence-corrected chi connectivity index (χ1v) is 5.39. The van der Waals surface area contributed by atoms with Crippen LogP contribution in [0.1, 0.15) is 12.0 Å². The van der Waals surface area contributed by atoms with Crippen molar-refractivity contribution < 1.29 is 9.53 Å². The number of halogens is 1. The van der Waals surface area contributed by atoms with Crippen LogP contribution in [0.25, 0.3) is 10.4 Å². The van der Waals surface area contributed by atoms with E-state index in [4.69, 9.17) is 17.1 Å². The molecule has 0 radical (unpaired) electrons. The molecular formula is C11H12ClN3O2. The van der Waals surface area contributed by atoms with Crippen LogP contribution >= 0.6 is 11.6 Å². The number of methoxy groups -OCH3 is 1. The lowest BCUT2D eigenvalue weighted by Crippen LogP contribution is -2.15. The predicted octanol–water partition coefficient (Wildman–Crippen LogP) is 3.12. The van der Waals surface area contributed by atoms with Crippen LogP contribution in [0, 0.1) is 0 Å². The molecule has 1 aromatic rings. The molecule has 0 aliphatic carbocycles. The Balaban J connectivity index is 2.69. The van der Waals surface area contributed by atoms with Crippen molar-refractivity contribution in [3.63, 3.8) is 0 Å². The maximum Gasteiger partial charge on any atom is 0.305 e. The molecule has 17 heavy (non-hydrogen) atoms. The van der Waals surface area contributed by atoms with E-state index in [9.17, 15) is 4.79 Å². The summed E-state index contributed by atoms with van der Waals surface area (Å²) in [5.74, 6) is -0.392. The van der Waals surface area contributed by atoms with Crippen molar-refractivity contribution in [2.24, 2.45) is 5.11 Å².